The largest absolute Gasteiger partial charge is 3.00 e. The summed E-state index contributed by atoms with van der Waals surface area (Å²) < 4.78 is 0. The Morgan fingerprint density at radius 2 is 1.00 bits per heavy atom. The summed E-state index contributed by atoms with van der Waals surface area (Å²) >= 11 is 0. The molecule has 0 heterocycles. The van der Waals surface area contributed by atoms with Crippen molar-refractivity contribution in [3.63, 3.8) is 0 Å². The Kier molecular flexibility index (Phi) is 14.6. The average Bonchev–Trinajstić information content (AvgIpc) is 3.17. The molecule has 4 aromatic carbocycles. The summed E-state index contributed by atoms with van der Waals surface area (Å²) in [6, 6.07) is 34.9. The molecule has 0 aromatic heterocycles. The van der Waals surface area contributed by atoms with Crippen molar-refractivity contribution < 1.29 is 21.7 Å². The third-order valence-electron chi connectivity index (χ3n) is 4.16. The van der Waals surface area contributed by atoms with E-state index in [1.165, 1.54) is 10.8 Å². The van der Waals surface area contributed by atoms with Crippen LogP contribution in [0.5, 0.6) is 0 Å². The maximum atomic E-state index is 4.10. The smallest absolute Gasteiger partial charge is 0.358 e. The van der Waals surface area contributed by atoms with Gasteiger partial charge >= 0.3 is 21.7 Å². The van der Waals surface area contributed by atoms with Crippen LogP contribution in [-0.2, 0) is 21.7 Å². The Labute approximate surface area is 196 Å². The number of benzene rings is 3. The van der Waals surface area contributed by atoms with Gasteiger partial charge in [0.1, 0.15) is 0 Å². The Bertz CT molecular complexity index is 889. The molecule has 0 nitrogen and oxygen atoms in total. The van der Waals surface area contributed by atoms with Gasteiger partial charge in [-0.05, 0) is 22.3 Å². The van der Waals surface area contributed by atoms with Gasteiger partial charge in [0.2, 0.25) is 0 Å². The van der Waals surface area contributed by atoms with Crippen molar-refractivity contribution >= 4 is 32.9 Å². The van der Waals surface area contributed by atoms with Crippen molar-refractivity contribution in [2.45, 2.75) is 0 Å². The fourth-order valence-electron chi connectivity index (χ4n) is 2.70. The van der Waals surface area contributed by atoms with E-state index in [-0.39, 0.29) is 47.5 Å². The van der Waals surface area contributed by atoms with Gasteiger partial charge in [0.15, 0.2) is 0 Å². The molecule has 5 radical (unpaired) electrons. The minimum Gasteiger partial charge on any atom is -0.358 e. The SMILES string of the molecule is C=C(C(=C)c1ccccc1)c1ccccc1.[CH3-].[CH3-].[Si].[Ti+3].c1ccc2[cH-]ccc2c1. The molecule has 4 rings (SSSR count). The molecule has 0 fully saturated rings. The summed E-state index contributed by atoms with van der Waals surface area (Å²) in [6.45, 7) is 8.20. The maximum absolute atomic E-state index is 4.10. The van der Waals surface area contributed by atoms with Gasteiger partial charge in [-0.1, -0.05) is 79.9 Å². The predicted molar refractivity (Wildman–Crippen MR) is 129 cm³/mol. The van der Waals surface area contributed by atoms with E-state index in [4.69, 9.17) is 0 Å². The Morgan fingerprint density at radius 3 is 1.45 bits per heavy atom. The van der Waals surface area contributed by atoms with Gasteiger partial charge in [-0.2, -0.15) is 17.5 Å². The van der Waals surface area contributed by atoms with E-state index < -0.39 is 0 Å². The second-order valence-corrected chi connectivity index (χ2v) is 5.84. The topological polar surface area (TPSA) is 0 Å². The van der Waals surface area contributed by atoms with Gasteiger partial charge in [-0.3, -0.25) is 0 Å². The van der Waals surface area contributed by atoms with Crippen molar-refractivity contribution in [2.24, 2.45) is 0 Å². The molecule has 0 N–H and O–H groups in total. The first kappa shape index (κ1) is 28.9. The van der Waals surface area contributed by atoms with Gasteiger partial charge in [0, 0.05) is 11.0 Å². The zero-order chi connectivity index (χ0) is 17.5. The zero-order valence-electron chi connectivity index (χ0n) is 17.2. The van der Waals surface area contributed by atoms with Crippen LogP contribution in [0.15, 0.2) is 116 Å². The predicted octanol–water partition coefficient (Wildman–Crippen LogP) is 7.49. The summed E-state index contributed by atoms with van der Waals surface area (Å²) in [5, 5.41) is 2.66. The number of rotatable bonds is 3. The van der Waals surface area contributed by atoms with E-state index >= 15 is 0 Å². The zero-order valence-corrected chi connectivity index (χ0v) is 19.8. The minimum atomic E-state index is 0. The summed E-state index contributed by atoms with van der Waals surface area (Å²) in [6.07, 6.45) is 0. The molecule has 4 aromatic rings. The Hall–Kier alpha value is -2.32. The monoisotopic (exact) mass is 427 g/mol. The van der Waals surface area contributed by atoms with Crippen molar-refractivity contribution in [3.05, 3.63) is 142 Å². The van der Waals surface area contributed by atoms with E-state index in [1.807, 2.05) is 36.4 Å². The number of hydrogen-bond acceptors (Lipinski definition) is 0. The third kappa shape index (κ3) is 7.91. The molecule has 0 atom stereocenters. The van der Waals surface area contributed by atoms with Crippen LogP contribution in [0.1, 0.15) is 11.1 Å². The van der Waals surface area contributed by atoms with Crippen LogP contribution in [0, 0.1) is 14.9 Å². The van der Waals surface area contributed by atoms with Crippen LogP contribution in [0.2, 0.25) is 0 Å². The normalized spacial score (nSPS) is 8.55. The first-order valence-electron chi connectivity index (χ1n) is 8.35. The van der Waals surface area contributed by atoms with E-state index in [2.05, 4.69) is 79.9 Å². The summed E-state index contributed by atoms with van der Waals surface area (Å²) in [5.41, 5.74) is 4.20. The van der Waals surface area contributed by atoms with Gasteiger partial charge in [0.05, 0.1) is 0 Å². The summed E-state index contributed by atoms with van der Waals surface area (Å²) in [5.74, 6) is 0. The number of hydrogen-bond donors (Lipinski definition) is 0. The second-order valence-electron chi connectivity index (χ2n) is 5.84. The molecular weight excluding hydrogens is 400 g/mol. The van der Waals surface area contributed by atoms with Crippen LogP contribution in [0.25, 0.3) is 21.9 Å². The van der Waals surface area contributed by atoms with E-state index in [9.17, 15) is 0 Å². The fraction of sp³-hybridized carbons (Fsp3) is 0. The maximum Gasteiger partial charge on any atom is 3.00 e. The molecular formula is C27H27SiTi. The van der Waals surface area contributed by atoms with Crippen LogP contribution >= 0.6 is 0 Å². The second kappa shape index (κ2) is 14.6. The molecule has 29 heavy (non-hydrogen) atoms. The summed E-state index contributed by atoms with van der Waals surface area (Å²) in [7, 11) is 0. The standard InChI is InChI=1S/C16H14.C9H7.2CH3.Si.Ti/c1-13(15-9-5-3-6-10-15)14(2)16-11-7-4-8-12-16;1-2-5-9-7-3-6-8(9)4-1;;;;/h3-12H,1-2H2;1-7H;2*1H3;;/q;3*-1;;+3. The van der Waals surface area contributed by atoms with Gasteiger partial charge in [-0.15, -0.1) is 29.7 Å². The van der Waals surface area contributed by atoms with E-state index in [1.54, 1.807) is 0 Å². The summed E-state index contributed by atoms with van der Waals surface area (Å²) in [4.78, 5) is 0. The molecule has 0 bridgehead atoms. The molecule has 143 valence electrons. The van der Waals surface area contributed by atoms with Gasteiger partial charge < -0.3 is 14.9 Å². The molecule has 0 aliphatic carbocycles. The van der Waals surface area contributed by atoms with Crippen LogP contribution < -0.4 is 0 Å². The minimum absolute atomic E-state index is 0. The van der Waals surface area contributed by atoms with Gasteiger partial charge in [0.25, 0.3) is 0 Å². The molecule has 0 aliphatic heterocycles. The average molecular weight is 427 g/mol. The number of fused-ring (bicyclic) bond motifs is 1. The quantitative estimate of drug-likeness (QED) is 0.181. The van der Waals surface area contributed by atoms with E-state index in [0.29, 0.717) is 0 Å². The third-order valence-corrected chi connectivity index (χ3v) is 4.16. The molecule has 2 heteroatoms. The van der Waals surface area contributed by atoms with Crippen molar-refractivity contribution in [2.75, 3.05) is 0 Å². The van der Waals surface area contributed by atoms with Gasteiger partial charge in [-0.25, -0.2) is 0 Å². The van der Waals surface area contributed by atoms with Crippen LogP contribution in [0.3, 0.4) is 0 Å². The Balaban J connectivity index is 0. The van der Waals surface area contributed by atoms with Crippen LogP contribution in [-0.4, -0.2) is 11.0 Å². The van der Waals surface area contributed by atoms with Crippen molar-refractivity contribution in [3.8, 4) is 0 Å². The first-order chi connectivity index (χ1) is 12.3. The molecule has 0 amide bonds. The molecule has 0 aliphatic rings. The van der Waals surface area contributed by atoms with E-state index in [0.717, 1.165) is 22.3 Å². The molecule has 0 saturated carbocycles. The molecule has 0 saturated heterocycles. The number of allylic oxidation sites excluding steroid dienone is 2. The molecule has 0 spiro atoms. The first-order valence-corrected chi connectivity index (χ1v) is 8.35. The Morgan fingerprint density at radius 1 is 0.586 bits per heavy atom. The van der Waals surface area contributed by atoms with Crippen molar-refractivity contribution in [1.82, 2.24) is 0 Å². The van der Waals surface area contributed by atoms with Crippen molar-refractivity contribution in [1.29, 1.82) is 0 Å². The molecule has 0 unspecified atom stereocenters. The van der Waals surface area contributed by atoms with Crippen LogP contribution in [0.4, 0.5) is 0 Å². The fourth-order valence-corrected chi connectivity index (χ4v) is 2.70.